The van der Waals surface area contributed by atoms with Crippen molar-refractivity contribution < 1.29 is 29.7 Å². The normalized spacial score (nSPS) is 16.3. The molecule has 0 aliphatic heterocycles. The Bertz CT molecular complexity index is 438. The van der Waals surface area contributed by atoms with Gasteiger partial charge in [0.05, 0.1) is 13.2 Å². The number of nitrogens with zero attached hydrogens (tertiary/aromatic N) is 1. The summed E-state index contributed by atoms with van der Waals surface area (Å²) in [5.41, 5.74) is 0. The second-order valence-electron chi connectivity index (χ2n) is 8.03. The molecule has 0 aliphatic carbocycles. The Labute approximate surface area is 177 Å². The summed E-state index contributed by atoms with van der Waals surface area (Å²) < 4.78 is 0.404. The number of allylic oxidation sites excluding steroid dienone is 2. The van der Waals surface area contributed by atoms with Crippen molar-refractivity contribution in [3.8, 4) is 0 Å². The number of aliphatic hydroxyl groups excluding tert-OH is 3. The number of unbranched alkanes of at least 4 members (excludes halogenated alkanes) is 3. The zero-order chi connectivity index (χ0) is 22.0. The van der Waals surface area contributed by atoms with Gasteiger partial charge in [-0.25, -0.2) is 0 Å². The fourth-order valence-corrected chi connectivity index (χ4v) is 3.61. The summed E-state index contributed by atoms with van der Waals surface area (Å²) in [5.74, 6) is -0.813. The second-order valence-corrected chi connectivity index (χ2v) is 8.03. The number of quaternary nitrogens is 1. The van der Waals surface area contributed by atoms with E-state index in [9.17, 15) is 20.1 Å². The van der Waals surface area contributed by atoms with Crippen LogP contribution >= 0.6 is 0 Å². The Balaban J connectivity index is 5.06. The van der Waals surface area contributed by atoms with Crippen molar-refractivity contribution in [2.45, 2.75) is 83.8 Å². The Kier molecular flexibility index (Phi) is 16.9. The minimum Gasteiger partial charge on any atom is -0.481 e. The molecule has 0 rings (SSSR count). The molecular formula is C23H44NO5+. The molecule has 0 heterocycles. The van der Waals surface area contributed by atoms with E-state index in [4.69, 9.17) is 5.11 Å². The lowest BCUT2D eigenvalue weighted by Gasteiger charge is -2.41. The van der Waals surface area contributed by atoms with Gasteiger partial charge in [-0.2, -0.15) is 0 Å². The largest absolute Gasteiger partial charge is 0.481 e. The monoisotopic (exact) mass is 414 g/mol. The summed E-state index contributed by atoms with van der Waals surface area (Å²) in [5, 5.41) is 39.7. The van der Waals surface area contributed by atoms with Crippen LogP contribution < -0.4 is 0 Å². The van der Waals surface area contributed by atoms with Crippen LogP contribution in [0.1, 0.15) is 71.6 Å². The Hall–Kier alpha value is -1.21. The molecule has 0 aliphatic rings. The fraction of sp³-hybridized carbons (Fsp3) is 0.783. The van der Waals surface area contributed by atoms with E-state index < -0.39 is 18.2 Å². The Morgan fingerprint density at radius 3 is 1.79 bits per heavy atom. The highest BCUT2D eigenvalue weighted by molar-refractivity contribution is 5.66. The molecule has 0 aromatic heterocycles. The summed E-state index contributed by atoms with van der Waals surface area (Å²) in [4.78, 5) is 10.8. The highest BCUT2D eigenvalue weighted by atomic mass is 16.4. The van der Waals surface area contributed by atoms with Gasteiger partial charge in [0.1, 0.15) is 31.8 Å². The van der Waals surface area contributed by atoms with Gasteiger partial charge in [0.25, 0.3) is 0 Å². The highest BCUT2D eigenvalue weighted by Crippen LogP contribution is 2.17. The van der Waals surface area contributed by atoms with Crippen molar-refractivity contribution in [2.24, 2.45) is 0 Å². The molecule has 0 radical (unpaired) electrons. The van der Waals surface area contributed by atoms with Crippen LogP contribution in [0.4, 0.5) is 0 Å². The molecular weight excluding hydrogens is 370 g/mol. The first kappa shape index (κ1) is 27.8. The molecule has 0 amide bonds. The topological polar surface area (TPSA) is 98.0 Å². The molecule has 2 atom stereocenters. The fourth-order valence-electron chi connectivity index (χ4n) is 3.61. The smallest absolute Gasteiger partial charge is 0.303 e. The van der Waals surface area contributed by atoms with E-state index in [-0.39, 0.29) is 13.0 Å². The van der Waals surface area contributed by atoms with Crippen LogP contribution in [0.15, 0.2) is 24.3 Å². The van der Waals surface area contributed by atoms with Gasteiger partial charge in [0, 0.05) is 6.42 Å². The van der Waals surface area contributed by atoms with Crippen molar-refractivity contribution in [1.29, 1.82) is 0 Å². The van der Waals surface area contributed by atoms with Crippen LogP contribution in [0.5, 0.6) is 0 Å². The number of hydrogen-bond donors (Lipinski definition) is 4. The Morgan fingerprint density at radius 2 is 1.38 bits per heavy atom. The number of carbonyl (C=O) groups is 1. The van der Waals surface area contributed by atoms with Gasteiger partial charge in [-0.05, 0) is 38.5 Å². The number of carboxylic acids is 1. The lowest BCUT2D eigenvalue weighted by atomic mass is 10.1. The number of aliphatic carboxylic acids is 1. The van der Waals surface area contributed by atoms with Crippen LogP contribution in [0, 0.1) is 0 Å². The summed E-state index contributed by atoms with van der Waals surface area (Å²) >= 11 is 0. The zero-order valence-electron chi connectivity index (χ0n) is 18.5. The first-order chi connectivity index (χ1) is 13.9. The van der Waals surface area contributed by atoms with Gasteiger partial charge in [-0.15, -0.1) is 0 Å². The third-order valence-corrected chi connectivity index (χ3v) is 5.10. The zero-order valence-corrected chi connectivity index (χ0v) is 18.5. The third-order valence-electron chi connectivity index (χ3n) is 5.10. The SMILES string of the molecule is CCC/C=C/CC(O)C[N+](CCO)(CCCCC(=O)O)CC(O)C/C=C/CCC. The quantitative estimate of drug-likeness (QED) is 0.148. The average Bonchev–Trinajstić information content (AvgIpc) is 2.66. The number of aliphatic hydroxyl groups is 3. The lowest BCUT2D eigenvalue weighted by Crippen LogP contribution is -2.57. The molecule has 0 spiro atoms. The van der Waals surface area contributed by atoms with E-state index in [1.165, 1.54) is 0 Å². The molecule has 0 bridgehead atoms. The van der Waals surface area contributed by atoms with Gasteiger partial charge >= 0.3 is 5.97 Å². The number of hydrogen-bond acceptors (Lipinski definition) is 4. The first-order valence-corrected chi connectivity index (χ1v) is 11.2. The molecule has 0 saturated heterocycles. The van der Waals surface area contributed by atoms with Gasteiger partial charge in [-0.1, -0.05) is 51.0 Å². The molecule has 6 heteroatoms. The Morgan fingerprint density at radius 1 is 0.862 bits per heavy atom. The third kappa shape index (κ3) is 15.3. The summed E-state index contributed by atoms with van der Waals surface area (Å²) in [6.45, 7) is 6.15. The van der Waals surface area contributed by atoms with Gasteiger partial charge in [-0.3, -0.25) is 4.79 Å². The second kappa shape index (κ2) is 17.6. The maximum atomic E-state index is 10.8. The summed E-state index contributed by atoms with van der Waals surface area (Å²) in [6.07, 6.45) is 13.6. The van der Waals surface area contributed by atoms with E-state index in [0.717, 1.165) is 25.7 Å². The van der Waals surface area contributed by atoms with E-state index in [1.54, 1.807) is 0 Å². The molecule has 6 nitrogen and oxygen atoms in total. The highest BCUT2D eigenvalue weighted by Gasteiger charge is 2.32. The molecule has 0 fully saturated rings. The summed E-state index contributed by atoms with van der Waals surface area (Å²) in [6, 6.07) is 0. The van der Waals surface area contributed by atoms with Crippen molar-refractivity contribution in [3.05, 3.63) is 24.3 Å². The minimum atomic E-state index is -0.813. The average molecular weight is 415 g/mol. The molecule has 0 saturated carbocycles. The number of rotatable bonds is 19. The molecule has 0 aromatic rings. The maximum absolute atomic E-state index is 10.8. The van der Waals surface area contributed by atoms with E-state index in [2.05, 4.69) is 26.0 Å². The van der Waals surface area contributed by atoms with Crippen LogP contribution in [0.3, 0.4) is 0 Å². The molecule has 2 unspecified atom stereocenters. The van der Waals surface area contributed by atoms with E-state index in [0.29, 0.717) is 56.3 Å². The van der Waals surface area contributed by atoms with Gasteiger partial charge in [0.15, 0.2) is 0 Å². The minimum absolute atomic E-state index is 0.0320. The first-order valence-electron chi connectivity index (χ1n) is 11.2. The predicted octanol–water partition coefficient (Wildman–Crippen LogP) is 3.27. The molecule has 4 N–H and O–H groups in total. The maximum Gasteiger partial charge on any atom is 0.303 e. The van der Waals surface area contributed by atoms with E-state index >= 15 is 0 Å². The van der Waals surface area contributed by atoms with Crippen LogP contribution in [0.2, 0.25) is 0 Å². The van der Waals surface area contributed by atoms with Crippen molar-refractivity contribution >= 4 is 5.97 Å². The predicted molar refractivity (Wildman–Crippen MR) is 118 cm³/mol. The van der Waals surface area contributed by atoms with Crippen LogP contribution in [-0.4, -0.2) is 75.9 Å². The van der Waals surface area contributed by atoms with Crippen LogP contribution in [0.25, 0.3) is 0 Å². The molecule has 29 heavy (non-hydrogen) atoms. The van der Waals surface area contributed by atoms with Crippen molar-refractivity contribution in [1.82, 2.24) is 0 Å². The van der Waals surface area contributed by atoms with Crippen molar-refractivity contribution in [2.75, 3.05) is 32.8 Å². The molecule has 0 aromatic carbocycles. The van der Waals surface area contributed by atoms with Gasteiger partial charge < -0.3 is 24.9 Å². The summed E-state index contributed by atoms with van der Waals surface area (Å²) in [7, 11) is 0. The van der Waals surface area contributed by atoms with Crippen molar-refractivity contribution in [3.63, 3.8) is 0 Å². The molecule has 170 valence electrons. The van der Waals surface area contributed by atoms with Crippen LogP contribution in [-0.2, 0) is 4.79 Å². The standard InChI is InChI=1S/C23H43NO5/c1-3-5-7-9-13-21(26)19-24(17-18-25,16-12-11-15-23(28)29)20-22(27)14-10-8-6-4-2/h7-10,21-22,25-27H,3-6,11-20H2,1-2H3/p+1/b9-7+,10-8+. The number of carboxylic acid groups (broad SMARTS) is 1. The van der Waals surface area contributed by atoms with Gasteiger partial charge in [0.2, 0.25) is 0 Å². The lowest BCUT2D eigenvalue weighted by molar-refractivity contribution is -0.934. The van der Waals surface area contributed by atoms with E-state index in [1.807, 2.05) is 12.2 Å².